The zero-order valence-corrected chi connectivity index (χ0v) is 12.6. The molecule has 0 aliphatic carbocycles. The fourth-order valence-electron chi connectivity index (χ4n) is 2.35. The highest BCUT2D eigenvalue weighted by Crippen LogP contribution is 2.20. The lowest BCUT2D eigenvalue weighted by Crippen LogP contribution is -2.44. The van der Waals surface area contributed by atoms with Crippen molar-refractivity contribution in [1.29, 1.82) is 0 Å². The van der Waals surface area contributed by atoms with E-state index in [-0.39, 0.29) is 6.04 Å². The predicted molar refractivity (Wildman–Crippen MR) is 76.8 cm³/mol. The molecule has 1 N–H and O–H groups in total. The molecule has 108 valence electrons. The maximum atomic E-state index is 5.41. The summed E-state index contributed by atoms with van der Waals surface area (Å²) in [6.45, 7) is 8.19. The number of aryl methyl sites for hydroxylation is 1. The van der Waals surface area contributed by atoms with E-state index in [4.69, 9.17) is 4.52 Å². The highest BCUT2D eigenvalue weighted by Gasteiger charge is 2.23. The normalized spacial score (nSPS) is 18.3. The van der Waals surface area contributed by atoms with Crippen molar-refractivity contribution in [2.24, 2.45) is 0 Å². The molecular weight excluding hydrogens is 274 g/mol. The van der Waals surface area contributed by atoms with Crippen molar-refractivity contribution < 1.29 is 4.52 Å². The number of hydrogen-bond donors (Lipinski definition) is 1. The molecule has 0 amide bonds. The molecular formula is C13H19N5OS. The average Bonchev–Trinajstić information content (AvgIpc) is 3.09. The van der Waals surface area contributed by atoms with Gasteiger partial charge in [-0.15, -0.1) is 11.3 Å². The van der Waals surface area contributed by atoms with E-state index in [1.54, 1.807) is 11.3 Å². The third kappa shape index (κ3) is 3.05. The summed E-state index contributed by atoms with van der Waals surface area (Å²) in [6.07, 6.45) is 0.649. The third-order valence-corrected chi connectivity index (χ3v) is 4.48. The van der Waals surface area contributed by atoms with Gasteiger partial charge in [-0.25, -0.2) is 4.98 Å². The molecule has 2 aromatic rings. The molecule has 1 fully saturated rings. The minimum atomic E-state index is 0.177. The maximum Gasteiger partial charge on any atom is 0.243 e. The maximum absolute atomic E-state index is 5.41. The second kappa shape index (κ2) is 5.99. The van der Waals surface area contributed by atoms with Gasteiger partial charge in [0.2, 0.25) is 5.89 Å². The van der Waals surface area contributed by atoms with Crippen molar-refractivity contribution in [1.82, 2.24) is 25.3 Å². The van der Waals surface area contributed by atoms with E-state index in [2.05, 4.69) is 32.3 Å². The first-order valence-corrected chi connectivity index (χ1v) is 7.78. The molecule has 1 aliphatic rings. The third-order valence-electron chi connectivity index (χ3n) is 3.52. The van der Waals surface area contributed by atoms with Crippen LogP contribution in [0.25, 0.3) is 0 Å². The van der Waals surface area contributed by atoms with E-state index in [0.29, 0.717) is 12.3 Å². The van der Waals surface area contributed by atoms with E-state index in [1.807, 2.05) is 12.3 Å². The zero-order valence-electron chi connectivity index (χ0n) is 11.8. The first-order valence-electron chi connectivity index (χ1n) is 6.90. The van der Waals surface area contributed by atoms with Gasteiger partial charge in [-0.05, 0) is 13.8 Å². The first-order chi connectivity index (χ1) is 9.72. The summed E-state index contributed by atoms with van der Waals surface area (Å²) in [7, 11) is 0. The first kappa shape index (κ1) is 13.7. The topological polar surface area (TPSA) is 67.1 Å². The van der Waals surface area contributed by atoms with Gasteiger partial charge in [0.05, 0.1) is 12.5 Å². The second-order valence-corrected chi connectivity index (χ2v) is 6.01. The molecule has 0 saturated carbocycles. The van der Waals surface area contributed by atoms with Crippen LogP contribution in [-0.4, -0.2) is 46.2 Å². The van der Waals surface area contributed by atoms with Crippen LogP contribution >= 0.6 is 11.3 Å². The Morgan fingerprint density at radius 2 is 2.20 bits per heavy atom. The van der Waals surface area contributed by atoms with Gasteiger partial charge < -0.3 is 9.84 Å². The van der Waals surface area contributed by atoms with Crippen LogP contribution < -0.4 is 5.32 Å². The SMILES string of the molecule is Cc1csc(Cc2noc(C(C)N3CCNCC3)n2)n1. The molecule has 2 aromatic heterocycles. The van der Waals surface area contributed by atoms with E-state index >= 15 is 0 Å². The number of hydrogen-bond acceptors (Lipinski definition) is 7. The van der Waals surface area contributed by atoms with E-state index in [0.717, 1.165) is 42.7 Å². The summed E-state index contributed by atoms with van der Waals surface area (Å²) in [5.74, 6) is 1.42. The lowest BCUT2D eigenvalue weighted by Gasteiger charge is -2.30. The van der Waals surface area contributed by atoms with Crippen molar-refractivity contribution in [2.45, 2.75) is 26.3 Å². The lowest BCUT2D eigenvalue weighted by atomic mass is 10.2. The summed E-state index contributed by atoms with van der Waals surface area (Å²) in [5, 5.41) is 10.5. The molecule has 0 bridgehead atoms. The second-order valence-electron chi connectivity index (χ2n) is 5.07. The molecule has 6 nitrogen and oxygen atoms in total. The van der Waals surface area contributed by atoms with Crippen molar-refractivity contribution in [3.63, 3.8) is 0 Å². The summed E-state index contributed by atoms with van der Waals surface area (Å²) < 4.78 is 5.41. The number of nitrogens with one attached hydrogen (secondary N) is 1. The molecule has 3 rings (SSSR count). The lowest BCUT2D eigenvalue weighted by molar-refractivity contribution is 0.154. The summed E-state index contributed by atoms with van der Waals surface area (Å²) >= 11 is 1.64. The fourth-order valence-corrected chi connectivity index (χ4v) is 3.12. The van der Waals surface area contributed by atoms with Crippen molar-refractivity contribution in [3.8, 4) is 0 Å². The molecule has 1 saturated heterocycles. The number of aromatic nitrogens is 3. The Balaban J connectivity index is 1.66. The Hall–Kier alpha value is -1.31. The van der Waals surface area contributed by atoms with Crippen LogP contribution in [0.15, 0.2) is 9.90 Å². The zero-order chi connectivity index (χ0) is 13.9. The molecule has 0 radical (unpaired) electrons. The summed E-state index contributed by atoms with van der Waals surface area (Å²) in [4.78, 5) is 11.3. The monoisotopic (exact) mass is 293 g/mol. The molecule has 1 atom stereocenters. The Kier molecular flexibility index (Phi) is 4.09. The minimum absolute atomic E-state index is 0.177. The average molecular weight is 293 g/mol. The van der Waals surface area contributed by atoms with Crippen LogP contribution in [0, 0.1) is 6.92 Å². The van der Waals surface area contributed by atoms with Gasteiger partial charge in [-0.3, -0.25) is 4.90 Å². The fraction of sp³-hybridized carbons (Fsp3) is 0.615. The molecule has 1 aliphatic heterocycles. The molecule has 0 aromatic carbocycles. The molecule has 7 heteroatoms. The summed E-state index contributed by atoms with van der Waals surface area (Å²) in [5.41, 5.74) is 1.04. The van der Waals surface area contributed by atoms with E-state index < -0.39 is 0 Å². The van der Waals surface area contributed by atoms with Gasteiger partial charge in [-0.1, -0.05) is 5.16 Å². The van der Waals surface area contributed by atoms with Crippen LogP contribution in [0.2, 0.25) is 0 Å². The van der Waals surface area contributed by atoms with E-state index in [1.165, 1.54) is 0 Å². The van der Waals surface area contributed by atoms with Crippen LogP contribution in [0.5, 0.6) is 0 Å². The minimum Gasteiger partial charge on any atom is -0.338 e. The molecule has 20 heavy (non-hydrogen) atoms. The number of piperazine rings is 1. The summed E-state index contributed by atoms with van der Waals surface area (Å²) in [6, 6.07) is 0.177. The highest BCUT2D eigenvalue weighted by atomic mass is 32.1. The molecule has 1 unspecified atom stereocenters. The highest BCUT2D eigenvalue weighted by molar-refractivity contribution is 7.09. The van der Waals surface area contributed by atoms with Crippen molar-refractivity contribution in [3.05, 3.63) is 27.8 Å². The van der Waals surface area contributed by atoms with Crippen LogP contribution in [0.1, 0.15) is 35.4 Å². The smallest absolute Gasteiger partial charge is 0.243 e. The Morgan fingerprint density at radius 3 is 2.90 bits per heavy atom. The van der Waals surface area contributed by atoms with Gasteiger partial charge >= 0.3 is 0 Å². The van der Waals surface area contributed by atoms with Gasteiger partial charge in [0.15, 0.2) is 5.82 Å². The van der Waals surface area contributed by atoms with Crippen LogP contribution in [0.4, 0.5) is 0 Å². The van der Waals surface area contributed by atoms with Gasteiger partial charge in [0.1, 0.15) is 5.01 Å². The van der Waals surface area contributed by atoms with E-state index in [9.17, 15) is 0 Å². The van der Waals surface area contributed by atoms with Gasteiger partial charge in [0.25, 0.3) is 0 Å². The molecule has 3 heterocycles. The largest absolute Gasteiger partial charge is 0.338 e. The standard InChI is InChI=1S/C13H19N5OS/c1-9-8-20-12(15-9)7-11-16-13(19-17-11)10(2)18-5-3-14-4-6-18/h8,10,14H,3-7H2,1-2H3. The van der Waals surface area contributed by atoms with Crippen LogP contribution in [-0.2, 0) is 6.42 Å². The van der Waals surface area contributed by atoms with Crippen LogP contribution in [0.3, 0.4) is 0 Å². The number of rotatable bonds is 4. The van der Waals surface area contributed by atoms with Gasteiger partial charge in [0, 0.05) is 37.3 Å². The van der Waals surface area contributed by atoms with Gasteiger partial charge in [-0.2, -0.15) is 4.98 Å². The molecule has 0 spiro atoms. The predicted octanol–water partition coefficient (Wildman–Crippen LogP) is 1.39. The Morgan fingerprint density at radius 1 is 1.40 bits per heavy atom. The quantitative estimate of drug-likeness (QED) is 0.919. The van der Waals surface area contributed by atoms with Crippen molar-refractivity contribution in [2.75, 3.05) is 26.2 Å². The number of thiazole rings is 1. The Labute approximate surface area is 122 Å². The number of nitrogens with zero attached hydrogens (tertiary/aromatic N) is 4. The Bertz CT molecular complexity index is 561. The van der Waals surface area contributed by atoms with Crippen molar-refractivity contribution >= 4 is 11.3 Å².